The number of carboxylic acid groups (broad SMARTS) is 1. The van der Waals surface area contributed by atoms with E-state index in [1.54, 1.807) is 11.8 Å². The Labute approximate surface area is 106 Å². The van der Waals surface area contributed by atoms with E-state index in [4.69, 9.17) is 14.4 Å². The molecule has 0 saturated carbocycles. The summed E-state index contributed by atoms with van der Waals surface area (Å²) in [4.78, 5) is 14.5. The zero-order chi connectivity index (χ0) is 12.1. The molecule has 1 aromatic rings. The molecule has 1 saturated heterocycles. The van der Waals surface area contributed by atoms with Crippen LogP contribution in [-0.2, 0) is 15.3 Å². The molecule has 0 bridgehead atoms. The molecule has 1 aliphatic rings. The molecule has 17 heavy (non-hydrogen) atoms. The molecule has 94 valence electrons. The number of rotatable bonds is 5. The van der Waals surface area contributed by atoms with Crippen LogP contribution in [0.4, 0.5) is 0 Å². The van der Waals surface area contributed by atoms with Crippen LogP contribution in [0.2, 0.25) is 0 Å². The van der Waals surface area contributed by atoms with E-state index in [1.165, 1.54) is 11.8 Å². The topological polar surface area (TPSA) is 85.5 Å². The first-order valence-corrected chi connectivity index (χ1v) is 7.38. The predicted molar refractivity (Wildman–Crippen MR) is 64.1 cm³/mol. The lowest BCUT2D eigenvalue weighted by molar-refractivity contribution is -0.133. The third-order valence-corrected chi connectivity index (χ3v) is 3.93. The Morgan fingerprint density at radius 2 is 2.53 bits per heavy atom. The van der Waals surface area contributed by atoms with Crippen LogP contribution in [-0.4, -0.2) is 45.1 Å². The van der Waals surface area contributed by atoms with E-state index < -0.39 is 5.97 Å². The number of hydrogen-bond acceptors (Lipinski definition) is 7. The maximum absolute atomic E-state index is 10.3. The normalized spacial score (nSPS) is 20.4. The SMILES string of the molecule is O=C(O)CSCc1nc(C2CSCCO2)no1. The van der Waals surface area contributed by atoms with Crippen molar-refractivity contribution in [3.05, 3.63) is 11.7 Å². The maximum Gasteiger partial charge on any atom is 0.313 e. The van der Waals surface area contributed by atoms with E-state index in [0.29, 0.717) is 24.1 Å². The fourth-order valence-corrected chi connectivity index (χ4v) is 2.73. The lowest BCUT2D eigenvalue weighted by Crippen LogP contribution is -2.16. The van der Waals surface area contributed by atoms with Crippen molar-refractivity contribution in [1.82, 2.24) is 10.1 Å². The van der Waals surface area contributed by atoms with Crippen molar-refractivity contribution in [2.45, 2.75) is 11.9 Å². The average Bonchev–Trinajstić information content (AvgIpc) is 2.78. The molecule has 1 aliphatic heterocycles. The Morgan fingerprint density at radius 1 is 1.65 bits per heavy atom. The minimum absolute atomic E-state index is 0.0352. The number of hydrogen-bond donors (Lipinski definition) is 1. The molecule has 8 heteroatoms. The number of aliphatic carboxylic acids is 1. The molecule has 0 aromatic carbocycles. The predicted octanol–water partition coefficient (Wildman–Crippen LogP) is 1.19. The van der Waals surface area contributed by atoms with Crippen molar-refractivity contribution in [3.8, 4) is 0 Å². The highest BCUT2D eigenvalue weighted by Gasteiger charge is 2.21. The van der Waals surface area contributed by atoms with Crippen LogP contribution in [0.15, 0.2) is 4.52 Å². The molecule has 1 aromatic heterocycles. The monoisotopic (exact) mass is 276 g/mol. The van der Waals surface area contributed by atoms with Crippen LogP contribution in [0.3, 0.4) is 0 Å². The highest BCUT2D eigenvalue weighted by atomic mass is 32.2. The Balaban J connectivity index is 1.84. The van der Waals surface area contributed by atoms with E-state index >= 15 is 0 Å². The summed E-state index contributed by atoms with van der Waals surface area (Å²) < 4.78 is 10.5. The largest absolute Gasteiger partial charge is 0.481 e. The molecular formula is C9H12N2O4S2. The van der Waals surface area contributed by atoms with Crippen LogP contribution >= 0.6 is 23.5 Å². The third kappa shape index (κ3) is 3.90. The minimum atomic E-state index is -0.846. The second-order valence-electron chi connectivity index (χ2n) is 3.37. The third-order valence-electron chi connectivity index (χ3n) is 2.04. The summed E-state index contributed by atoms with van der Waals surface area (Å²) >= 11 is 3.03. The zero-order valence-electron chi connectivity index (χ0n) is 9.00. The van der Waals surface area contributed by atoms with Crippen molar-refractivity contribution in [1.29, 1.82) is 0 Å². The Hall–Kier alpha value is -0.730. The van der Waals surface area contributed by atoms with Gasteiger partial charge in [-0.15, -0.1) is 11.8 Å². The van der Waals surface area contributed by atoms with E-state index in [-0.39, 0.29) is 11.9 Å². The standard InChI is InChI=1S/C9H12N2O4S2/c12-8(13)5-17-4-7-10-9(11-15-7)6-3-16-2-1-14-6/h6H,1-5H2,(H,12,13). The van der Waals surface area contributed by atoms with E-state index in [0.717, 1.165) is 11.5 Å². The smallest absolute Gasteiger partial charge is 0.313 e. The zero-order valence-corrected chi connectivity index (χ0v) is 10.6. The van der Waals surface area contributed by atoms with Gasteiger partial charge in [0.2, 0.25) is 11.7 Å². The van der Waals surface area contributed by atoms with Crippen LogP contribution in [0, 0.1) is 0 Å². The summed E-state index contributed by atoms with van der Waals surface area (Å²) in [6.45, 7) is 0.701. The van der Waals surface area contributed by atoms with Gasteiger partial charge in [0, 0.05) is 11.5 Å². The van der Waals surface area contributed by atoms with Crippen LogP contribution in [0.5, 0.6) is 0 Å². The number of carboxylic acids is 1. The molecule has 2 heterocycles. The van der Waals surface area contributed by atoms with Gasteiger partial charge in [0.15, 0.2) is 0 Å². The summed E-state index contributed by atoms with van der Waals surface area (Å²) in [5, 5.41) is 12.3. The molecular weight excluding hydrogens is 264 g/mol. The van der Waals surface area contributed by atoms with Crippen molar-refractivity contribution in [2.24, 2.45) is 0 Å². The summed E-state index contributed by atoms with van der Waals surface area (Å²) in [7, 11) is 0. The van der Waals surface area contributed by atoms with Gasteiger partial charge in [-0.05, 0) is 0 Å². The Kier molecular flexibility index (Phi) is 4.69. The van der Waals surface area contributed by atoms with Crippen LogP contribution in [0.1, 0.15) is 17.8 Å². The lowest BCUT2D eigenvalue weighted by atomic mass is 10.4. The Bertz CT molecular complexity index is 379. The second kappa shape index (κ2) is 6.27. The molecule has 0 amide bonds. The van der Waals surface area contributed by atoms with Crippen molar-refractivity contribution >= 4 is 29.5 Å². The first kappa shape index (κ1) is 12.7. The molecule has 6 nitrogen and oxygen atoms in total. The van der Waals surface area contributed by atoms with Gasteiger partial charge in [-0.1, -0.05) is 5.16 Å². The van der Waals surface area contributed by atoms with Crippen molar-refractivity contribution < 1.29 is 19.2 Å². The minimum Gasteiger partial charge on any atom is -0.481 e. The second-order valence-corrected chi connectivity index (χ2v) is 5.50. The number of thioether (sulfide) groups is 2. The van der Waals surface area contributed by atoms with E-state index in [2.05, 4.69) is 10.1 Å². The van der Waals surface area contributed by atoms with Gasteiger partial charge >= 0.3 is 5.97 Å². The van der Waals surface area contributed by atoms with Gasteiger partial charge < -0.3 is 14.4 Å². The first-order valence-electron chi connectivity index (χ1n) is 5.07. The molecule has 0 spiro atoms. The molecule has 2 rings (SSSR count). The van der Waals surface area contributed by atoms with Gasteiger partial charge in [0.25, 0.3) is 0 Å². The number of carbonyl (C=O) groups is 1. The van der Waals surface area contributed by atoms with Gasteiger partial charge in [0.1, 0.15) is 6.10 Å². The van der Waals surface area contributed by atoms with Gasteiger partial charge in [-0.3, -0.25) is 4.79 Å². The van der Waals surface area contributed by atoms with E-state index in [1.807, 2.05) is 0 Å². The quantitative estimate of drug-likeness (QED) is 0.858. The number of nitrogens with zero attached hydrogens (tertiary/aromatic N) is 2. The van der Waals surface area contributed by atoms with Crippen molar-refractivity contribution in [2.75, 3.05) is 23.9 Å². The first-order chi connectivity index (χ1) is 8.25. The Morgan fingerprint density at radius 3 is 3.24 bits per heavy atom. The summed E-state index contributed by atoms with van der Waals surface area (Å²) in [6, 6.07) is 0. The number of aromatic nitrogens is 2. The van der Waals surface area contributed by atoms with Crippen molar-refractivity contribution in [3.63, 3.8) is 0 Å². The fraction of sp³-hybridized carbons (Fsp3) is 0.667. The number of ether oxygens (including phenoxy) is 1. The highest BCUT2D eigenvalue weighted by molar-refractivity contribution is 7.99. The highest BCUT2D eigenvalue weighted by Crippen LogP contribution is 2.24. The lowest BCUT2D eigenvalue weighted by Gasteiger charge is -2.18. The van der Waals surface area contributed by atoms with Crippen LogP contribution in [0.25, 0.3) is 0 Å². The average molecular weight is 276 g/mol. The maximum atomic E-state index is 10.3. The van der Waals surface area contributed by atoms with Gasteiger partial charge in [-0.25, -0.2) is 0 Å². The molecule has 0 aliphatic carbocycles. The molecule has 1 N–H and O–H groups in total. The van der Waals surface area contributed by atoms with Crippen LogP contribution < -0.4 is 0 Å². The van der Waals surface area contributed by atoms with Gasteiger partial charge in [0.05, 0.1) is 18.1 Å². The van der Waals surface area contributed by atoms with E-state index in [9.17, 15) is 4.79 Å². The fourth-order valence-electron chi connectivity index (χ4n) is 1.32. The summed E-state index contributed by atoms with van der Waals surface area (Å²) in [6.07, 6.45) is -0.101. The molecule has 1 unspecified atom stereocenters. The molecule has 0 radical (unpaired) electrons. The van der Waals surface area contributed by atoms with Gasteiger partial charge in [-0.2, -0.15) is 16.7 Å². The molecule has 1 atom stereocenters. The summed E-state index contributed by atoms with van der Waals surface area (Å²) in [5.74, 6) is 2.44. The molecule has 1 fully saturated rings. The summed E-state index contributed by atoms with van der Waals surface area (Å²) in [5.41, 5.74) is 0.